The van der Waals surface area contributed by atoms with E-state index in [4.69, 9.17) is 0 Å². The van der Waals surface area contributed by atoms with Gasteiger partial charge in [0.1, 0.15) is 0 Å². The van der Waals surface area contributed by atoms with Crippen molar-refractivity contribution in [3.8, 4) is 0 Å². The maximum Gasteiger partial charge on any atom is 0.254 e. The number of aromatic amines is 1. The number of rotatable bonds is 4. The summed E-state index contributed by atoms with van der Waals surface area (Å²) in [5.41, 5.74) is 2.11. The topological polar surface area (TPSA) is 66.1 Å². The van der Waals surface area contributed by atoms with Gasteiger partial charge in [-0.15, -0.1) is 0 Å². The SMILES string of the molecule is Cc1nc(SC[C@H]2CCN(C(=O)c3ccccc3)C2)[nH]c(=O)c1C. The van der Waals surface area contributed by atoms with Crippen molar-refractivity contribution >= 4 is 17.7 Å². The van der Waals surface area contributed by atoms with Gasteiger partial charge in [0.2, 0.25) is 0 Å². The fourth-order valence-electron chi connectivity index (χ4n) is 2.80. The van der Waals surface area contributed by atoms with Gasteiger partial charge in [-0.1, -0.05) is 30.0 Å². The molecule has 1 aromatic carbocycles. The molecule has 0 aliphatic carbocycles. The highest BCUT2D eigenvalue weighted by atomic mass is 32.2. The first-order valence-corrected chi connectivity index (χ1v) is 9.08. The summed E-state index contributed by atoms with van der Waals surface area (Å²) in [5.74, 6) is 1.37. The van der Waals surface area contributed by atoms with Crippen molar-refractivity contribution in [2.75, 3.05) is 18.8 Å². The number of H-pyrrole nitrogens is 1. The second-order valence-electron chi connectivity index (χ2n) is 6.16. The van der Waals surface area contributed by atoms with Gasteiger partial charge in [-0.3, -0.25) is 9.59 Å². The summed E-state index contributed by atoms with van der Waals surface area (Å²) >= 11 is 1.56. The number of aryl methyl sites for hydroxylation is 1. The number of likely N-dealkylation sites (tertiary alicyclic amines) is 1. The van der Waals surface area contributed by atoms with Crippen molar-refractivity contribution in [3.63, 3.8) is 0 Å². The molecule has 1 aliphatic rings. The van der Waals surface area contributed by atoms with E-state index in [2.05, 4.69) is 9.97 Å². The number of nitrogens with zero attached hydrogens (tertiary/aromatic N) is 2. The Kier molecular flexibility index (Phi) is 5.04. The van der Waals surface area contributed by atoms with Crippen LogP contribution in [0.1, 0.15) is 28.0 Å². The average Bonchev–Trinajstić information content (AvgIpc) is 3.07. The minimum Gasteiger partial charge on any atom is -0.338 e. The monoisotopic (exact) mass is 343 g/mol. The Morgan fingerprint density at radius 3 is 2.79 bits per heavy atom. The van der Waals surface area contributed by atoms with E-state index < -0.39 is 0 Å². The molecule has 1 N–H and O–H groups in total. The van der Waals surface area contributed by atoms with Gasteiger partial charge < -0.3 is 9.88 Å². The number of benzene rings is 1. The first-order chi connectivity index (χ1) is 11.5. The maximum atomic E-state index is 12.5. The minimum atomic E-state index is -0.0719. The van der Waals surface area contributed by atoms with Crippen LogP contribution in [0.15, 0.2) is 40.3 Å². The van der Waals surface area contributed by atoms with Gasteiger partial charge in [0.05, 0.1) is 0 Å². The Bertz CT molecular complexity index is 789. The van der Waals surface area contributed by atoms with Gasteiger partial charge in [0.15, 0.2) is 5.16 Å². The number of carbonyl (C=O) groups excluding carboxylic acids is 1. The van der Waals surface area contributed by atoms with Crippen molar-refractivity contribution < 1.29 is 4.79 Å². The van der Waals surface area contributed by atoms with Crippen LogP contribution < -0.4 is 5.56 Å². The quantitative estimate of drug-likeness (QED) is 0.685. The van der Waals surface area contributed by atoms with Crippen molar-refractivity contribution in [2.24, 2.45) is 5.92 Å². The summed E-state index contributed by atoms with van der Waals surface area (Å²) < 4.78 is 0. The molecular weight excluding hydrogens is 322 g/mol. The third-order valence-electron chi connectivity index (χ3n) is 4.42. The Labute approximate surface area is 145 Å². The zero-order valence-electron chi connectivity index (χ0n) is 13.9. The van der Waals surface area contributed by atoms with Crippen LogP contribution in [0.3, 0.4) is 0 Å². The molecule has 1 amide bonds. The normalized spacial score (nSPS) is 17.2. The zero-order valence-corrected chi connectivity index (χ0v) is 14.7. The summed E-state index contributed by atoms with van der Waals surface area (Å²) in [4.78, 5) is 33.4. The van der Waals surface area contributed by atoms with Gasteiger partial charge in [-0.25, -0.2) is 4.98 Å². The standard InChI is InChI=1S/C18H21N3O2S/c1-12-13(2)19-18(20-16(12)22)24-11-14-8-9-21(10-14)17(23)15-6-4-3-5-7-15/h3-7,14H,8-11H2,1-2H3,(H,19,20,22)/t14-/m0/s1. The molecule has 3 rings (SSSR count). The molecule has 1 aliphatic heterocycles. The largest absolute Gasteiger partial charge is 0.338 e. The molecule has 0 bridgehead atoms. The predicted octanol–water partition coefficient (Wildman–Crippen LogP) is 2.64. The van der Waals surface area contributed by atoms with Crippen molar-refractivity contribution in [3.05, 3.63) is 57.5 Å². The Morgan fingerprint density at radius 2 is 2.08 bits per heavy atom. The zero-order chi connectivity index (χ0) is 17.1. The number of nitrogens with one attached hydrogen (secondary N) is 1. The first kappa shape index (κ1) is 16.8. The van der Waals surface area contributed by atoms with Crippen molar-refractivity contribution in [1.29, 1.82) is 0 Å². The summed E-state index contributed by atoms with van der Waals surface area (Å²) in [6.07, 6.45) is 0.987. The lowest BCUT2D eigenvalue weighted by Gasteiger charge is -2.16. The van der Waals surface area contributed by atoms with E-state index in [1.165, 1.54) is 0 Å². The molecule has 1 aromatic heterocycles. The molecule has 1 saturated heterocycles. The fraction of sp³-hybridized carbons (Fsp3) is 0.389. The smallest absolute Gasteiger partial charge is 0.254 e. The highest BCUT2D eigenvalue weighted by Crippen LogP contribution is 2.25. The highest BCUT2D eigenvalue weighted by molar-refractivity contribution is 7.99. The average molecular weight is 343 g/mol. The Balaban J connectivity index is 1.57. The number of hydrogen-bond donors (Lipinski definition) is 1. The number of amides is 1. The third kappa shape index (κ3) is 3.70. The second-order valence-corrected chi connectivity index (χ2v) is 7.17. The van der Waals surface area contributed by atoms with E-state index >= 15 is 0 Å². The minimum absolute atomic E-state index is 0.0719. The molecule has 0 spiro atoms. The molecule has 2 aromatic rings. The van der Waals surface area contributed by atoms with Crippen LogP contribution in [0.4, 0.5) is 0 Å². The molecule has 5 nitrogen and oxygen atoms in total. The number of hydrogen-bond acceptors (Lipinski definition) is 4. The lowest BCUT2D eigenvalue weighted by atomic mass is 10.1. The first-order valence-electron chi connectivity index (χ1n) is 8.09. The van der Waals surface area contributed by atoms with E-state index in [0.29, 0.717) is 16.6 Å². The molecule has 126 valence electrons. The van der Waals surface area contributed by atoms with Crippen LogP contribution in [0, 0.1) is 19.8 Å². The molecule has 1 fully saturated rings. The molecule has 1 atom stereocenters. The van der Waals surface area contributed by atoms with E-state index in [-0.39, 0.29) is 11.5 Å². The summed E-state index contributed by atoms with van der Waals surface area (Å²) in [5, 5.41) is 0.663. The molecular formula is C18H21N3O2S. The van der Waals surface area contributed by atoms with Crippen LogP contribution in [-0.4, -0.2) is 39.6 Å². The van der Waals surface area contributed by atoms with Gasteiger partial charge in [0.25, 0.3) is 11.5 Å². The Hall–Kier alpha value is -2.08. The number of thioether (sulfide) groups is 1. The van der Waals surface area contributed by atoms with E-state index in [0.717, 1.165) is 36.5 Å². The second kappa shape index (κ2) is 7.21. The molecule has 24 heavy (non-hydrogen) atoms. The third-order valence-corrected chi connectivity index (χ3v) is 5.53. The molecule has 0 saturated carbocycles. The van der Waals surface area contributed by atoms with Crippen LogP contribution in [0.2, 0.25) is 0 Å². The number of aromatic nitrogens is 2. The molecule has 0 unspecified atom stereocenters. The van der Waals surface area contributed by atoms with Gasteiger partial charge in [-0.2, -0.15) is 0 Å². The maximum absolute atomic E-state index is 12.5. The van der Waals surface area contributed by atoms with E-state index in [9.17, 15) is 9.59 Å². The lowest BCUT2D eigenvalue weighted by Crippen LogP contribution is -2.28. The summed E-state index contributed by atoms with van der Waals surface area (Å²) in [6.45, 7) is 5.18. The Morgan fingerprint density at radius 1 is 1.33 bits per heavy atom. The van der Waals surface area contributed by atoms with Gasteiger partial charge >= 0.3 is 0 Å². The van der Waals surface area contributed by atoms with Crippen LogP contribution in [-0.2, 0) is 0 Å². The summed E-state index contributed by atoms with van der Waals surface area (Å²) in [7, 11) is 0. The lowest BCUT2D eigenvalue weighted by molar-refractivity contribution is 0.0788. The van der Waals surface area contributed by atoms with Crippen LogP contribution >= 0.6 is 11.8 Å². The van der Waals surface area contributed by atoms with E-state index in [1.54, 1.807) is 18.7 Å². The molecule has 6 heteroatoms. The van der Waals surface area contributed by atoms with Crippen molar-refractivity contribution in [1.82, 2.24) is 14.9 Å². The predicted molar refractivity (Wildman–Crippen MR) is 95.5 cm³/mol. The molecule has 0 radical (unpaired) electrons. The van der Waals surface area contributed by atoms with Gasteiger partial charge in [-0.05, 0) is 38.3 Å². The highest BCUT2D eigenvalue weighted by Gasteiger charge is 2.27. The van der Waals surface area contributed by atoms with E-state index in [1.807, 2.05) is 42.2 Å². The number of carbonyl (C=O) groups is 1. The molecule has 2 heterocycles. The van der Waals surface area contributed by atoms with Crippen molar-refractivity contribution in [2.45, 2.75) is 25.4 Å². The fourth-order valence-corrected chi connectivity index (χ4v) is 3.83. The van der Waals surface area contributed by atoms with Gasteiger partial charge in [0, 0.05) is 35.7 Å². The van der Waals surface area contributed by atoms with Crippen LogP contribution in [0.25, 0.3) is 0 Å². The summed E-state index contributed by atoms with van der Waals surface area (Å²) in [6, 6.07) is 9.40. The van der Waals surface area contributed by atoms with Crippen LogP contribution in [0.5, 0.6) is 0 Å².